The van der Waals surface area contributed by atoms with Crippen LogP contribution in [-0.4, -0.2) is 37.3 Å². The molecule has 3 aromatic rings. The van der Waals surface area contributed by atoms with Crippen LogP contribution in [0.5, 0.6) is 0 Å². The van der Waals surface area contributed by atoms with E-state index in [4.69, 9.17) is 9.47 Å². The van der Waals surface area contributed by atoms with Gasteiger partial charge in [0.25, 0.3) is 5.91 Å². The molecule has 0 fully saturated rings. The van der Waals surface area contributed by atoms with Crippen molar-refractivity contribution in [2.45, 2.75) is 19.3 Å². The highest BCUT2D eigenvalue weighted by Gasteiger charge is 2.28. The molecule has 0 bridgehead atoms. The third kappa shape index (κ3) is 4.70. The van der Waals surface area contributed by atoms with E-state index >= 15 is 0 Å². The van der Waals surface area contributed by atoms with Crippen LogP contribution in [-0.2, 0) is 27.1 Å². The minimum absolute atomic E-state index is 0.0736. The second-order valence-corrected chi connectivity index (χ2v) is 8.52. The number of fused-ring (bicyclic) bond motifs is 1. The van der Waals surface area contributed by atoms with Crippen molar-refractivity contribution < 1.29 is 28.7 Å². The highest BCUT2D eigenvalue weighted by atomic mass is 32.1. The number of amides is 1. The molecule has 0 aliphatic heterocycles. The van der Waals surface area contributed by atoms with E-state index in [0.717, 1.165) is 29.7 Å². The van der Waals surface area contributed by atoms with Crippen LogP contribution in [0.3, 0.4) is 0 Å². The normalized spacial score (nSPS) is 12.0. The van der Waals surface area contributed by atoms with E-state index in [1.807, 2.05) is 0 Å². The van der Waals surface area contributed by atoms with E-state index in [9.17, 15) is 19.2 Å². The Kier molecular flexibility index (Phi) is 6.65. The summed E-state index contributed by atoms with van der Waals surface area (Å²) in [4.78, 5) is 51.2. The third-order valence-electron chi connectivity index (χ3n) is 5.33. The predicted octanol–water partition coefficient (Wildman–Crippen LogP) is 4.05. The lowest BCUT2D eigenvalue weighted by Crippen LogP contribution is -2.22. The third-order valence-corrected chi connectivity index (χ3v) is 6.53. The van der Waals surface area contributed by atoms with Crippen LogP contribution in [0, 0.1) is 0 Å². The number of benzene rings is 2. The number of rotatable bonds is 7. The fourth-order valence-electron chi connectivity index (χ4n) is 3.79. The summed E-state index contributed by atoms with van der Waals surface area (Å²) in [6.45, 7) is -0.560. The molecule has 0 atom stereocenters. The van der Waals surface area contributed by atoms with Gasteiger partial charge in [-0.1, -0.05) is 48.5 Å². The van der Waals surface area contributed by atoms with Gasteiger partial charge in [-0.15, -0.1) is 11.3 Å². The van der Waals surface area contributed by atoms with Crippen molar-refractivity contribution in [3.8, 4) is 0 Å². The second-order valence-electron chi connectivity index (χ2n) is 7.42. The molecule has 2 aromatic carbocycles. The predicted molar refractivity (Wildman–Crippen MR) is 123 cm³/mol. The van der Waals surface area contributed by atoms with E-state index in [-0.39, 0.29) is 16.9 Å². The summed E-state index contributed by atoms with van der Waals surface area (Å²) in [6, 6.07) is 14.9. The Labute approximate surface area is 194 Å². The van der Waals surface area contributed by atoms with Gasteiger partial charge < -0.3 is 14.8 Å². The number of aryl methyl sites for hydroxylation is 1. The summed E-state index contributed by atoms with van der Waals surface area (Å²) in [5.74, 6) is -2.19. The molecule has 0 spiro atoms. The lowest BCUT2D eigenvalue weighted by atomic mass is 9.98. The zero-order valence-corrected chi connectivity index (χ0v) is 18.7. The molecular formula is C25H21NO6S. The molecule has 1 aliphatic carbocycles. The Morgan fingerprint density at radius 3 is 2.33 bits per heavy atom. The first-order valence-corrected chi connectivity index (χ1v) is 11.2. The summed E-state index contributed by atoms with van der Waals surface area (Å²) in [7, 11) is 1.29. The zero-order chi connectivity index (χ0) is 23.4. The Bertz CT molecular complexity index is 1230. The maximum Gasteiger partial charge on any atom is 0.341 e. The Hall–Kier alpha value is -3.78. The Balaban J connectivity index is 1.45. The van der Waals surface area contributed by atoms with Crippen LogP contribution in [0.1, 0.15) is 53.5 Å². The zero-order valence-electron chi connectivity index (χ0n) is 17.9. The van der Waals surface area contributed by atoms with Crippen LogP contribution in [0.15, 0.2) is 54.6 Å². The molecule has 168 valence electrons. The standard InChI is InChI=1S/C25H21NO6S/c1-31-25(30)21-18-12-7-13-19(18)33-23(21)26-20(27)14-32-24(29)17-11-6-5-10-16(17)22(28)15-8-3-2-4-9-15/h2-6,8-11H,7,12-14H2,1H3,(H,26,27). The Morgan fingerprint density at radius 2 is 1.61 bits per heavy atom. The van der Waals surface area contributed by atoms with E-state index < -0.39 is 24.5 Å². The monoisotopic (exact) mass is 463 g/mol. The number of anilines is 1. The van der Waals surface area contributed by atoms with Crippen LogP contribution in [0.25, 0.3) is 0 Å². The molecule has 7 nitrogen and oxygen atoms in total. The van der Waals surface area contributed by atoms with Gasteiger partial charge in [-0.2, -0.15) is 0 Å². The molecule has 0 unspecified atom stereocenters. The molecule has 0 radical (unpaired) electrons. The average molecular weight is 464 g/mol. The summed E-state index contributed by atoms with van der Waals surface area (Å²) < 4.78 is 10.0. The first-order valence-electron chi connectivity index (χ1n) is 10.4. The smallest absolute Gasteiger partial charge is 0.341 e. The molecule has 0 saturated carbocycles. The van der Waals surface area contributed by atoms with Crippen molar-refractivity contribution in [2.75, 3.05) is 19.0 Å². The van der Waals surface area contributed by atoms with Crippen molar-refractivity contribution in [3.63, 3.8) is 0 Å². The van der Waals surface area contributed by atoms with Gasteiger partial charge in [-0.3, -0.25) is 9.59 Å². The van der Waals surface area contributed by atoms with E-state index in [0.29, 0.717) is 16.1 Å². The van der Waals surface area contributed by atoms with Gasteiger partial charge in [-0.05, 0) is 30.9 Å². The van der Waals surface area contributed by atoms with Crippen LogP contribution in [0.4, 0.5) is 5.00 Å². The number of esters is 2. The number of hydrogen-bond acceptors (Lipinski definition) is 7. The molecule has 1 N–H and O–H groups in total. The average Bonchev–Trinajstić information content (AvgIpc) is 3.43. The summed E-state index contributed by atoms with van der Waals surface area (Å²) in [5, 5.41) is 3.06. The Morgan fingerprint density at radius 1 is 0.909 bits per heavy atom. The molecule has 1 aromatic heterocycles. The van der Waals surface area contributed by atoms with Gasteiger partial charge >= 0.3 is 11.9 Å². The number of ether oxygens (including phenoxy) is 2. The number of methoxy groups -OCH3 is 1. The molecule has 1 heterocycles. The highest BCUT2D eigenvalue weighted by Crippen LogP contribution is 2.39. The van der Waals surface area contributed by atoms with Gasteiger partial charge in [-0.25, -0.2) is 9.59 Å². The lowest BCUT2D eigenvalue weighted by Gasteiger charge is -2.10. The molecule has 33 heavy (non-hydrogen) atoms. The van der Waals surface area contributed by atoms with E-state index in [1.165, 1.54) is 24.5 Å². The second kappa shape index (κ2) is 9.79. The maximum absolute atomic E-state index is 12.8. The molecule has 1 amide bonds. The van der Waals surface area contributed by atoms with Gasteiger partial charge in [0, 0.05) is 16.0 Å². The number of ketones is 1. The van der Waals surface area contributed by atoms with E-state index in [2.05, 4.69) is 5.32 Å². The summed E-state index contributed by atoms with van der Waals surface area (Å²) >= 11 is 1.34. The maximum atomic E-state index is 12.8. The van der Waals surface area contributed by atoms with Crippen molar-refractivity contribution in [1.29, 1.82) is 0 Å². The first-order chi connectivity index (χ1) is 16.0. The number of hydrogen-bond donors (Lipinski definition) is 1. The topological polar surface area (TPSA) is 98.8 Å². The minimum Gasteiger partial charge on any atom is -0.465 e. The fraction of sp³-hybridized carbons (Fsp3) is 0.200. The number of carbonyl (C=O) groups excluding carboxylic acids is 4. The lowest BCUT2D eigenvalue weighted by molar-refractivity contribution is -0.119. The SMILES string of the molecule is COC(=O)c1c(NC(=O)COC(=O)c2ccccc2C(=O)c2ccccc2)sc2c1CCC2. The van der Waals surface area contributed by atoms with E-state index in [1.54, 1.807) is 48.5 Å². The van der Waals surface area contributed by atoms with Gasteiger partial charge in [0.05, 0.1) is 18.2 Å². The fourth-order valence-corrected chi connectivity index (χ4v) is 5.08. The minimum atomic E-state index is -0.785. The molecule has 0 saturated heterocycles. The van der Waals surface area contributed by atoms with Crippen molar-refractivity contribution in [2.24, 2.45) is 0 Å². The van der Waals surface area contributed by atoms with Crippen LogP contribution < -0.4 is 5.32 Å². The first kappa shape index (κ1) is 22.4. The van der Waals surface area contributed by atoms with Crippen LogP contribution >= 0.6 is 11.3 Å². The molecule has 4 rings (SSSR count). The van der Waals surface area contributed by atoms with Crippen molar-refractivity contribution in [1.82, 2.24) is 0 Å². The highest BCUT2D eigenvalue weighted by molar-refractivity contribution is 7.17. The molecular weight excluding hydrogens is 442 g/mol. The quantitative estimate of drug-likeness (QED) is 0.419. The summed E-state index contributed by atoms with van der Waals surface area (Å²) in [5.41, 5.74) is 1.99. The number of nitrogens with one attached hydrogen (secondary N) is 1. The number of carbonyl (C=O) groups is 4. The van der Waals surface area contributed by atoms with Crippen molar-refractivity contribution >= 4 is 40.0 Å². The summed E-state index contributed by atoms with van der Waals surface area (Å²) in [6.07, 6.45) is 2.56. The van der Waals surface area contributed by atoms with Gasteiger partial charge in [0.1, 0.15) is 5.00 Å². The largest absolute Gasteiger partial charge is 0.465 e. The van der Waals surface area contributed by atoms with Gasteiger partial charge in [0.15, 0.2) is 12.4 Å². The molecule has 8 heteroatoms. The van der Waals surface area contributed by atoms with Crippen molar-refractivity contribution in [3.05, 3.63) is 87.3 Å². The van der Waals surface area contributed by atoms with Crippen LogP contribution in [0.2, 0.25) is 0 Å². The molecule has 1 aliphatic rings. The number of thiophene rings is 1. The van der Waals surface area contributed by atoms with Gasteiger partial charge in [0.2, 0.25) is 0 Å².